The summed E-state index contributed by atoms with van der Waals surface area (Å²) in [5.41, 5.74) is 2.18. The number of carbonyl (C=O) groups excluding carboxylic acids is 1. The number of amides is 1. The lowest BCUT2D eigenvalue weighted by Gasteiger charge is -2.13. The van der Waals surface area contributed by atoms with Gasteiger partial charge in [-0.05, 0) is 43.5 Å². The molecule has 0 unspecified atom stereocenters. The number of fused-ring (bicyclic) bond motifs is 1. The number of nitrogens with zero attached hydrogens (tertiary/aromatic N) is 1. The van der Waals surface area contributed by atoms with Crippen LogP contribution in [-0.4, -0.2) is 22.7 Å². The molecule has 1 N–H and O–H groups in total. The minimum atomic E-state index is 0.0443. The van der Waals surface area contributed by atoms with Crippen LogP contribution in [0.3, 0.4) is 0 Å². The Kier molecular flexibility index (Phi) is 6.34. The summed E-state index contributed by atoms with van der Waals surface area (Å²) in [6.45, 7) is 2.05. The van der Waals surface area contributed by atoms with Gasteiger partial charge in [-0.1, -0.05) is 53.7 Å². The molecular formula is C19H19ClN2OS2. The van der Waals surface area contributed by atoms with Crippen LogP contribution in [0.15, 0.2) is 52.9 Å². The van der Waals surface area contributed by atoms with E-state index in [-0.39, 0.29) is 11.9 Å². The highest BCUT2D eigenvalue weighted by atomic mass is 35.5. The van der Waals surface area contributed by atoms with E-state index < -0.39 is 0 Å². The smallest absolute Gasteiger partial charge is 0.230 e. The molecule has 1 aromatic heterocycles. The third kappa shape index (κ3) is 5.46. The molecule has 0 spiro atoms. The number of hydrogen-bond acceptors (Lipinski definition) is 4. The van der Waals surface area contributed by atoms with Gasteiger partial charge in [0.25, 0.3) is 0 Å². The van der Waals surface area contributed by atoms with Gasteiger partial charge in [-0.15, -0.1) is 11.3 Å². The Morgan fingerprint density at radius 1 is 1.28 bits per heavy atom. The first-order valence-electron chi connectivity index (χ1n) is 8.12. The van der Waals surface area contributed by atoms with E-state index in [1.807, 2.05) is 43.3 Å². The summed E-state index contributed by atoms with van der Waals surface area (Å²) >= 11 is 9.04. The van der Waals surface area contributed by atoms with E-state index in [1.54, 1.807) is 11.3 Å². The van der Waals surface area contributed by atoms with Crippen LogP contribution in [-0.2, 0) is 11.2 Å². The second kappa shape index (κ2) is 8.70. The highest BCUT2D eigenvalue weighted by Gasteiger charge is 2.11. The van der Waals surface area contributed by atoms with Gasteiger partial charge in [0.15, 0.2) is 4.34 Å². The Labute approximate surface area is 160 Å². The molecule has 6 heteroatoms. The topological polar surface area (TPSA) is 42.0 Å². The van der Waals surface area contributed by atoms with Crippen LogP contribution in [0.25, 0.3) is 10.2 Å². The van der Waals surface area contributed by atoms with Crippen molar-refractivity contribution in [1.82, 2.24) is 10.3 Å². The van der Waals surface area contributed by atoms with Gasteiger partial charge in [0, 0.05) is 11.1 Å². The summed E-state index contributed by atoms with van der Waals surface area (Å²) in [7, 11) is 0. The standard InChI is InChI=1S/C19H19ClN2OS2/c1-13(7-8-14-5-3-2-4-6-14)21-18(23)12-24-19-22-16-11-15(20)9-10-17(16)25-19/h2-6,9-11,13H,7-8,12H2,1H3,(H,21,23)/t13-/m1/s1. The average molecular weight is 391 g/mol. The normalized spacial score (nSPS) is 12.2. The van der Waals surface area contributed by atoms with Crippen molar-refractivity contribution in [2.45, 2.75) is 30.1 Å². The third-order valence-electron chi connectivity index (χ3n) is 3.77. The zero-order valence-electron chi connectivity index (χ0n) is 13.9. The molecule has 0 aliphatic rings. The lowest BCUT2D eigenvalue weighted by atomic mass is 10.1. The summed E-state index contributed by atoms with van der Waals surface area (Å²) in [6, 6.07) is 16.2. The molecule has 0 aliphatic heterocycles. The fourth-order valence-electron chi connectivity index (χ4n) is 2.48. The Bertz CT molecular complexity index is 851. The molecule has 0 aliphatic carbocycles. The van der Waals surface area contributed by atoms with Crippen LogP contribution in [0.1, 0.15) is 18.9 Å². The van der Waals surface area contributed by atoms with E-state index in [1.165, 1.54) is 17.3 Å². The summed E-state index contributed by atoms with van der Waals surface area (Å²) in [5.74, 6) is 0.423. The van der Waals surface area contributed by atoms with Gasteiger partial charge in [-0.25, -0.2) is 4.98 Å². The lowest BCUT2D eigenvalue weighted by Crippen LogP contribution is -2.34. The molecule has 1 atom stereocenters. The molecule has 3 aromatic rings. The SMILES string of the molecule is C[C@H](CCc1ccccc1)NC(=O)CSc1nc2cc(Cl)ccc2s1. The van der Waals surface area contributed by atoms with E-state index in [0.717, 1.165) is 27.4 Å². The van der Waals surface area contributed by atoms with Crippen LogP contribution >= 0.6 is 34.7 Å². The molecule has 1 heterocycles. The molecule has 2 aromatic carbocycles. The number of thioether (sulfide) groups is 1. The number of nitrogens with one attached hydrogen (secondary N) is 1. The molecule has 3 nitrogen and oxygen atoms in total. The number of aromatic nitrogens is 1. The second-order valence-electron chi connectivity index (χ2n) is 5.87. The highest BCUT2D eigenvalue weighted by molar-refractivity contribution is 8.01. The zero-order chi connectivity index (χ0) is 17.6. The van der Waals surface area contributed by atoms with Gasteiger partial charge in [0.2, 0.25) is 5.91 Å². The predicted molar refractivity (Wildman–Crippen MR) is 108 cm³/mol. The van der Waals surface area contributed by atoms with Gasteiger partial charge in [0.1, 0.15) is 0 Å². The third-order valence-corrected chi connectivity index (χ3v) is 6.19. The quantitative estimate of drug-likeness (QED) is 0.565. The van der Waals surface area contributed by atoms with E-state index in [4.69, 9.17) is 11.6 Å². The van der Waals surface area contributed by atoms with Crippen molar-refractivity contribution in [3.8, 4) is 0 Å². The molecule has 0 radical (unpaired) electrons. The Morgan fingerprint density at radius 2 is 2.08 bits per heavy atom. The van der Waals surface area contributed by atoms with E-state index in [9.17, 15) is 4.79 Å². The van der Waals surface area contributed by atoms with Gasteiger partial charge in [-0.2, -0.15) is 0 Å². The first-order valence-corrected chi connectivity index (χ1v) is 10.3. The van der Waals surface area contributed by atoms with E-state index >= 15 is 0 Å². The Hall–Kier alpha value is -1.56. The molecule has 0 saturated heterocycles. The van der Waals surface area contributed by atoms with Crippen molar-refractivity contribution in [1.29, 1.82) is 0 Å². The maximum absolute atomic E-state index is 12.1. The molecular weight excluding hydrogens is 372 g/mol. The van der Waals surface area contributed by atoms with Gasteiger partial charge in [-0.3, -0.25) is 4.79 Å². The number of hydrogen-bond donors (Lipinski definition) is 1. The van der Waals surface area contributed by atoms with Crippen LogP contribution in [0.2, 0.25) is 5.02 Å². The fourth-order valence-corrected chi connectivity index (χ4v) is 4.51. The number of carbonyl (C=O) groups is 1. The molecule has 25 heavy (non-hydrogen) atoms. The van der Waals surface area contributed by atoms with Gasteiger partial charge in [0.05, 0.1) is 16.0 Å². The fraction of sp³-hybridized carbons (Fsp3) is 0.263. The number of thiazole rings is 1. The van der Waals surface area contributed by atoms with E-state index in [0.29, 0.717) is 10.8 Å². The van der Waals surface area contributed by atoms with Gasteiger partial charge < -0.3 is 5.32 Å². The van der Waals surface area contributed by atoms with E-state index in [2.05, 4.69) is 22.4 Å². The number of halogens is 1. The monoisotopic (exact) mass is 390 g/mol. The van der Waals surface area contributed by atoms with Crippen LogP contribution in [0.5, 0.6) is 0 Å². The molecule has 0 saturated carbocycles. The zero-order valence-corrected chi connectivity index (χ0v) is 16.3. The van der Waals surface area contributed by atoms with Crippen molar-refractivity contribution in [2.24, 2.45) is 0 Å². The number of benzene rings is 2. The lowest BCUT2D eigenvalue weighted by molar-refractivity contribution is -0.119. The maximum atomic E-state index is 12.1. The summed E-state index contributed by atoms with van der Waals surface area (Å²) in [4.78, 5) is 16.6. The summed E-state index contributed by atoms with van der Waals surface area (Å²) < 4.78 is 1.98. The molecule has 1 amide bonds. The van der Waals surface area contributed by atoms with Crippen molar-refractivity contribution in [2.75, 3.05) is 5.75 Å². The van der Waals surface area contributed by atoms with Crippen LogP contribution in [0.4, 0.5) is 0 Å². The summed E-state index contributed by atoms with van der Waals surface area (Å²) in [6.07, 6.45) is 1.90. The average Bonchev–Trinajstić information content (AvgIpc) is 3.01. The van der Waals surface area contributed by atoms with Crippen molar-refractivity contribution in [3.05, 3.63) is 59.1 Å². The Balaban J connectivity index is 1.45. The Morgan fingerprint density at radius 3 is 2.88 bits per heavy atom. The predicted octanol–water partition coefficient (Wildman–Crippen LogP) is 5.18. The minimum Gasteiger partial charge on any atom is -0.353 e. The van der Waals surface area contributed by atoms with Crippen molar-refractivity contribution < 1.29 is 4.79 Å². The maximum Gasteiger partial charge on any atom is 0.230 e. The van der Waals surface area contributed by atoms with Crippen molar-refractivity contribution in [3.63, 3.8) is 0 Å². The molecule has 0 bridgehead atoms. The number of rotatable bonds is 7. The first kappa shape index (κ1) is 18.2. The van der Waals surface area contributed by atoms with Crippen molar-refractivity contribution >= 4 is 50.8 Å². The van der Waals surface area contributed by atoms with Gasteiger partial charge >= 0.3 is 0 Å². The summed E-state index contributed by atoms with van der Waals surface area (Å²) in [5, 5.41) is 3.74. The minimum absolute atomic E-state index is 0.0443. The second-order valence-corrected chi connectivity index (χ2v) is 8.56. The first-order chi connectivity index (χ1) is 12.1. The van der Waals surface area contributed by atoms with Crippen LogP contribution in [0, 0.1) is 0 Å². The largest absolute Gasteiger partial charge is 0.353 e. The molecule has 0 fully saturated rings. The number of aryl methyl sites for hydroxylation is 1. The van der Waals surface area contributed by atoms with Crippen LogP contribution < -0.4 is 5.32 Å². The molecule has 130 valence electrons. The molecule has 3 rings (SSSR count). The highest BCUT2D eigenvalue weighted by Crippen LogP contribution is 2.30.